The molecule has 0 aliphatic rings. The molecule has 0 saturated carbocycles. The largest absolute Gasteiger partial charge is 0.451 e. The number of nitrogen functional groups attached to an aromatic ring is 3. The summed E-state index contributed by atoms with van der Waals surface area (Å²) < 4.78 is 18.3. The van der Waals surface area contributed by atoms with Gasteiger partial charge in [0.05, 0.1) is 5.69 Å². The van der Waals surface area contributed by atoms with Crippen molar-refractivity contribution in [3.05, 3.63) is 91.0 Å². The van der Waals surface area contributed by atoms with E-state index in [1.165, 1.54) is 0 Å². The Labute approximate surface area is 174 Å². The summed E-state index contributed by atoms with van der Waals surface area (Å²) in [5.74, 6) is 2.38. The molecule has 0 aliphatic carbocycles. The van der Waals surface area contributed by atoms with E-state index in [0.29, 0.717) is 17.2 Å². The van der Waals surface area contributed by atoms with Crippen molar-refractivity contribution in [1.29, 1.82) is 0 Å². The molecule has 0 spiro atoms. The van der Waals surface area contributed by atoms with Crippen molar-refractivity contribution in [3.63, 3.8) is 0 Å². The van der Waals surface area contributed by atoms with E-state index < -0.39 is 0 Å². The Hall–Kier alpha value is -4.32. The van der Waals surface area contributed by atoms with Gasteiger partial charge in [-0.05, 0) is 36.4 Å². The minimum absolute atomic E-state index is 0.160. The first-order valence-corrected chi connectivity index (χ1v) is 9.32. The normalized spacial score (nSPS) is 10.4. The summed E-state index contributed by atoms with van der Waals surface area (Å²) in [6.45, 7) is 0. The first-order chi connectivity index (χ1) is 14.6. The maximum absolute atomic E-state index is 6.28. The van der Waals surface area contributed by atoms with E-state index >= 15 is 0 Å². The van der Waals surface area contributed by atoms with Crippen molar-refractivity contribution >= 4 is 17.1 Å². The summed E-state index contributed by atoms with van der Waals surface area (Å²) in [7, 11) is 0. The summed E-state index contributed by atoms with van der Waals surface area (Å²) in [6, 6.07) is 27.6. The SMILES string of the molecule is Nc1c(N)c(Oc2ccccc2)c(Oc2ccccc2)c(Oc2ccccc2)c1N. The average Bonchev–Trinajstić information content (AvgIpc) is 2.80. The molecule has 150 valence electrons. The quantitative estimate of drug-likeness (QED) is 0.353. The fraction of sp³-hybridized carbons (Fsp3) is 0. The van der Waals surface area contributed by atoms with Crippen LogP contribution in [-0.4, -0.2) is 0 Å². The van der Waals surface area contributed by atoms with Gasteiger partial charge in [0.25, 0.3) is 0 Å². The van der Waals surface area contributed by atoms with Gasteiger partial charge in [0.15, 0.2) is 11.5 Å². The van der Waals surface area contributed by atoms with E-state index in [-0.39, 0.29) is 34.3 Å². The molecule has 4 aromatic carbocycles. The number of benzene rings is 4. The molecule has 0 atom stereocenters. The number of nitrogens with two attached hydrogens (primary N) is 3. The second-order valence-electron chi connectivity index (χ2n) is 6.47. The first kappa shape index (κ1) is 19.0. The molecular weight excluding hydrogens is 378 g/mol. The van der Waals surface area contributed by atoms with Crippen LogP contribution in [0.4, 0.5) is 17.1 Å². The molecule has 0 radical (unpaired) electrons. The maximum Gasteiger partial charge on any atom is 0.216 e. The number of para-hydroxylation sites is 3. The van der Waals surface area contributed by atoms with Gasteiger partial charge < -0.3 is 31.4 Å². The van der Waals surface area contributed by atoms with Crippen molar-refractivity contribution < 1.29 is 14.2 Å². The Balaban J connectivity index is 1.88. The lowest BCUT2D eigenvalue weighted by atomic mass is 10.1. The summed E-state index contributed by atoms with van der Waals surface area (Å²) in [6.07, 6.45) is 0. The monoisotopic (exact) mass is 399 g/mol. The van der Waals surface area contributed by atoms with E-state index in [1.54, 1.807) is 36.4 Å². The molecule has 0 saturated heterocycles. The van der Waals surface area contributed by atoms with Crippen LogP contribution < -0.4 is 31.4 Å². The van der Waals surface area contributed by atoms with Crippen molar-refractivity contribution in [2.24, 2.45) is 0 Å². The molecule has 0 amide bonds. The van der Waals surface area contributed by atoms with E-state index in [1.807, 2.05) is 54.6 Å². The molecule has 0 aliphatic heterocycles. The van der Waals surface area contributed by atoms with Crippen LogP contribution in [0.15, 0.2) is 91.0 Å². The molecule has 0 heterocycles. The number of hydrogen-bond acceptors (Lipinski definition) is 6. The Morgan fingerprint density at radius 1 is 0.367 bits per heavy atom. The minimum Gasteiger partial charge on any atom is -0.451 e. The Bertz CT molecular complexity index is 1070. The third-order valence-corrected chi connectivity index (χ3v) is 4.37. The molecule has 6 heteroatoms. The molecule has 0 bridgehead atoms. The predicted octanol–water partition coefficient (Wildman–Crippen LogP) is 5.81. The lowest BCUT2D eigenvalue weighted by Gasteiger charge is -2.21. The van der Waals surface area contributed by atoms with E-state index in [9.17, 15) is 0 Å². The van der Waals surface area contributed by atoms with Crippen LogP contribution in [0.2, 0.25) is 0 Å². The van der Waals surface area contributed by atoms with Crippen LogP contribution in [0.25, 0.3) is 0 Å². The standard InChI is InChI=1S/C24H21N3O3/c25-19-20(26)22(28-16-10-4-1-5-11-16)24(30-18-14-8-3-9-15-18)23(21(19)27)29-17-12-6-2-7-13-17/h1-15H,25-27H2. The van der Waals surface area contributed by atoms with Crippen LogP contribution in [0, 0.1) is 0 Å². The fourth-order valence-corrected chi connectivity index (χ4v) is 2.85. The molecule has 0 fully saturated rings. The molecular formula is C24H21N3O3. The second-order valence-corrected chi connectivity index (χ2v) is 6.47. The molecule has 4 aromatic rings. The zero-order valence-electron chi connectivity index (χ0n) is 16.1. The third-order valence-electron chi connectivity index (χ3n) is 4.37. The van der Waals surface area contributed by atoms with Crippen molar-refractivity contribution in [2.75, 3.05) is 17.2 Å². The fourth-order valence-electron chi connectivity index (χ4n) is 2.85. The Morgan fingerprint density at radius 3 is 1.00 bits per heavy atom. The average molecular weight is 399 g/mol. The molecule has 0 unspecified atom stereocenters. The van der Waals surface area contributed by atoms with Gasteiger partial charge in [-0.15, -0.1) is 0 Å². The van der Waals surface area contributed by atoms with Gasteiger partial charge in [-0.25, -0.2) is 0 Å². The molecule has 0 aromatic heterocycles. The number of rotatable bonds is 6. The zero-order chi connectivity index (χ0) is 20.9. The molecule has 4 rings (SSSR count). The highest BCUT2D eigenvalue weighted by atomic mass is 16.5. The van der Waals surface area contributed by atoms with E-state index in [2.05, 4.69) is 0 Å². The van der Waals surface area contributed by atoms with Gasteiger partial charge in [0, 0.05) is 0 Å². The number of hydrogen-bond donors (Lipinski definition) is 3. The van der Waals surface area contributed by atoms with Crippen LogP contribution in [0.5, 0.6) is 34.5 Å². The van der Waals surface area contributed by atoms with Crippen LogP contribution in [-0.2, 0) is 0 Å². The predicted molar refractivity (Wildman–Crippen MR) is 119 cm³/mol. The van der Waals surface area contributed by atoms with Crippen molar-refractivity contribution in [2.45, 2.75) is 0 Å². The van der Waals surface area contributed by atoms with Gasteiger partial charge in [0.2, 0.25) is 5.75 Å². The van der Waals surface area contributed by atoms with E-state index in [0.717, 1.165) is 0 Å². The Morgan fingerprint density at radius 2 is 0.667 bits per heavy atom. The van der Waals surface area contributed by atoms with Crippen LogP contribution in [0.1, 0.15) is 0 Å². The maximum atomic E-state index is 6.28. The van der Waals surface area contributed by atoms with Gasteiger partial charge in [0.1, 0.15) is 28.6 Å². The van der Waals surface area contributed by atoms with Crippen molar-refractivity contribution in [1.82, 2.24) is 0 Å². The highest BCUT2D eigenvalue weighted by molar-refractivity contribution is 5.91. The lowest BCUT2D eigenvalue weighted by Crippen LogP contribution is -2.07. The summed E-state index contributed by atoms with van der Waals surface area (Å²) >= 11 is 0. The van der Waals surface area contributed by atoms with Gasteiger partial charge >= 0.3 is 0 Å². The Kier molecular flexibility index (Phi) is 5.30. The van der Waals surface area contributed by atoms with Gasteiger partial charge in [-0.1, -0.05) is 54.6 Å². The zero-order valence-corrected chi connectivity index (χ0v) is 16.1. The molecule has 6 nitrogen and oxygen atoms in total. The first-order valence-electron chi connectivity index (χ1n) is 9.32. The summed E-state index contributed by atoms with van der Waals surface area (Å²) in [5, 5.41) is 0. The second kappa shape index (κ2) is 8.36. The molecule has 6 N–H and O–H groups in total. The number of anilines is 3. The van der Waals surface area contributed by atoms with Crippen LogP contribution >= 0.6 is 0 Å². The number of ether oxygens (including phenoxy) is 3. The van der Waals surface area contributed by atoms with Gasteiger partial charge in [-0.2, -0.15) is 0 Å². The highest BCUT2D eigenvalue weighted by Crippen LogP contribution is 2.54. The minimum atomic E-state index is 0.160. The smallest absolute Gasteiger partial charge is 0.216 e. The third kappa shape index (κ3) is 3.93. The van der Waals surface area contributed by atoms with Crippen molar-refractivity contribution in [3.8, 4) is 34.5 Å². The summed E-state index contributed by atoms with van der Waals surface area (Å²) in [4.78, 5) is 0. The molecule has 30 heavy (non-hydrogen) atoms. The summed E-state index contributed by atoms with van der Waals surface area (Å²) in [5.41, 5.74) is 19.3. The highest BCUT2D eigenvalue weighted by Gasteiger charge is 2.26. The topological polar surface area (TPSA) is 106 Å². The van der Waals surface area contributed by atoms with E-state index in [4.69, 9.17) is 31.4 Å². The lowest BCUT2D eigenvalue weighted by molar-refractivity contribution is 0.389. The van der Waals surface area contributed by atoms with Gasteiger partial charge in [-0.3, -0.25) is 0 Å². The van der Waals surface area contributed by atoms with Crippen LogP contribution in [0.3, 0.4) is 0 Å².